The van der Waals surface area contributed by atoms with E-state index in [9.17, 15) is 0 Å². The highest BCUT2D eigenvalue weighted by Crippen LogP contribution is 2.14. The van der Waals surface area contributed by atoms with E-state index in [-0.39, 0.29) is 0 Å². The van der Waals surface area contributed by atoms with Gasteiger partial charge in [-0.25, -0.2) is 4.98 Å². The Bertz CT molecular complexity index is 474. The van der Waals surface area contributed by atoms with Gasteiger partial charge in [-0.3, -0.25) is 0 Å². The Morgan fingerprint density at radius 2 is 2.11 bits per heavy atom. The lowest BCUT2D eigenvalue weighted by atomic mass is 10.0. The third-order valence-electron chi connectivity index (χ3n) is 3.23. The topological polar surface area (TPSA) is 49.9 Å². The van der Waals surface area contributed by atoms with Gasteiger partial charge in [-0.15, -0.1) is 0 Å². The molecular weight excluding hydrogens is 238 g/mol. The summed E-state index contributed by atoms with van der Waals surface area (Å²) in [7, 11) is 0. The third-order valence-corrected chi connectivity index (χ3v) is 3.23. The molecule has 0 aliphatic rings. The molecule has 1 aromatic carbocycles. The van der Waals surface area contributed by atoms with Gasteiger partial charge in [0.15, 0.2) is 0 Å². The molecule has 1 aromatic heterocycles. The van der Waals surface area contributed by atoms with Gasteiger partial charge in [0, 0.05) is 13.2 Å². The molecule has 0 saturated carbocycles. The van der Waals surface area contributed by atoms with E-state index in [0.717, 1.165) is 36.6 Å². The number of hydrogen-bond donors (Lipinski definition) is 2. The lowest BCUT2D eigenvalue weighted by Gasteiger charge is -2.20. The Hall–Kier alpha value is -1.55. The van der Waals surface area contributed by atoms with Gasteiger partial charge < -0.3 is 15.0 Å². The number of ether oxygens (including phenoxy) is 1. The highest BCUT2D eigenvalue weighted by atomic mass is 16.5. The number of aromatic amines is 1. The average molecular weight is 261 g/mol. The van der Waals surface area contributed by atoms with E-state index in [4.69, 9.17) is 4.74 Å². The van der Waals surface area contributed by atoms with Crippen LogP contribution in [-0.2, 0) is 4.74 Å². The Labute approximate surface area is 114 Å². The van der Waals surface area contributed by atoms with Crippen molar-refractivity contribution in [1.82, 2.24) is 9.97 Å². The quantitative estimate of drug-likeness (QED) is 0.803. The summed E-state index contributed by atoms with van der Waals surface area (Å²) in [5.74, 6) is 1.37. The number of fused-ring (bicyclic) bond motifs is 1. The number of nitrogens with one attached hydrogen (secondary N) is 2. The van der Waals surface area contributed by atoms with E-state index >= 15 is 0 Å². The zero-order chi connectivity index (χ0) is 13.7. The predicted octanol–water partition coefficient (Wildman–Crippen LogP) is 3.43. The smallest absolute Gasteiger partial charge is 0.201 e. The number of imidazole rings is 1. The van der Waals surface area contributed by atoms with Gasteiger partial charge in [0.1, 0.15) is 0 Å². The van der Waals surface area contributed by atoms with E-state index in [1.54, 1.807) is 0 Å². The predicted molar refractivity (Wildman–Crippen MR) is 79.5 cm³/mol. The molecule has 0 fully saturated rings. The van der Waals surface area contributed by atoms with Gasteiger partial charge >= 0.3 is 0 Å². The minimum atomic E-state index is 0.307. The molecule has 0 amide bonds. The number of rotatable bonds is 7. The highest BCUT2D eigenvalue weighted by molar-refractivity contribution is 5.77. The molecule has 2 aromatic rings. The summed E-state index contributed by atoms with van der Waals surface area (Å²) in [6.07, 6.45) is 1.30. The first-order valence-electron chi connectivity index (χ1n) is 7.01. The molecule has 0 aliphatic carbocycles. The molecule has 1 heterocycles. The largest absolute Gasteiger partial charge is 0.378 e. The first kappa shape index (κ1) is 13.9. The molecule has 4 heteroatoms. The van der Waals surface area contributed by atoms with Crippen LogP contribution in [-0.4, -0.2) is 29.2 Å². The maximum absolute atomic E-state index is 5.73. The summed E-state index contributed by atoms with van der Waals surface area (Å²) < 4.78 is 5.73. The third kappa shape index (κ3) is 3.70. The Balaban J connectivity index is 1.87. The number of hydrogen-bond acceptors (Lipinski definition) is 3. The molecule has 2 N–H and O–H groups in total. The summed E-state index contributed by atoms with van der Waals surface area (Å²) >= 11 is 0. The van der Waals surface area contributed by atoms with Crippen molar-refractivity contribution in [3.05, 3.63) is 24.3 Å². The minimum absolute atomic E-state index is 0.307. The van der Waals surface area contributed by atoms with Crippen molar-refractivity contribution in [3.8, 4) is 0 Å². The number of nitrogens with zero attached hydrogens (tertiary/aromatic N) is 1. The van der Waals surface area contributed by atoms with Crippen LogP contribution in [0.5, 0.6) is 0 Å². The lowest BCUT2D eigenvalue weighted by molar-refractivity contribution is 0.0272. The van der Waals surface area contributed by atoms with Gasteiger partial charge in [0.2, 0.25) is 5.95 Å². The molecule has 2 rings (SSSR count). The number of aromatic nitrogens is 2. The van der Waals surface area contributed by atoms with Gasteiger partial charge in [0.25, 0.3) is 0 Å². The summed E-state index contributed by atoms with van der Waals surface area (Å²) in [4.78, 5) is 7.76. The summed E-state index contributed by atoms with van der Waals surface area (Å²) in [6.45, 7) is 8.07. The second kappa shape index (κ2) is 6.57. The van der Waals surface area contributed by atoms with E-state index < -0.39 is 0 Å². The fourth-order valence-corrected chi connectivity index (χ4v) is 2.19. The zero-order valence-electron chi connectivity index (χ0n) is 11.9. The maximum atomic E-state index is 5.73. The second-order valence-electron chi connectivity index (χ2n) is 5.06. The number of anilines is 1. The molecule has 4 nitrogen and oxygen atoms in total. The number of H-pyrrole nitrogens is 1. The maximum Gasteiger partial charge on any atom is 0.201 e. The number of benzene rings is 1. The van der Waals surface area contributed by atoms with Gasteiger partial charge in [-0.2, -0.15) is 0 Å². The van der Waals surface area contributed by atoms with Crippen LogP contribution in [0.25, 0.3) is 11.0 Å². The van der Waals surface area contributed by atoms with Crippen LogP contribution < -0.4 is 5.32 Å². The molecule has 0 bridgehead atoms. The summed E-state index contributed by atoms with van der Waals surface area (Å²) in [5, 5.41) is 3.33. The van der Waals surface area contributed by atoms with Gasteiger partial charge in [-0.05, 0) is 31.4 Å². The summed E-state index contributed by atoms with van der Waals surface area (Å²) in [5.41, 5.74) is 2.06. The Morgan fingerprint density at radius 3 is 2.79 bits per heavy atom. The van der Waals surface area contributed by atoms with Crippen LogP contribution in [0.2, 0.25) is 0 Å². The molecule has 19 heavy (non-hydrogen) atoms. The van der Waals surface area contributed by atoms with Crippen molar-refractivity contribution >= 4 is 17.0 Å². The molecule has 0 saturated heterocycles. The van der Waals surface area contributed by atoms with Crippen LogP contribution in [0.3, 0.4) is 0 Å². The van der Waals surface area contributed by atoms with Crippen molar-refractivity contribution in [1.29, 1.82) is 0 Å². The van der Waals surface area contributed by atoms with Crippen LogP contribution in [0.15, 0.2) is 24.3 Å². The lowest BCUT2D eigenvalue weighted by Crippen LogP contribution is -2.23. The van der Waals surface area contributed by atoms with Crippen molar-refractivity contribution in [2.45, 2.75) is 33.3 Å². The van der Waals surface area contributed by atoms with Crippen LogP contribution in [0.4, 0.5) is 5.95 Å². The van der Waals surface area contributed by atoms with Gasteiger partial charge in [-0.1, -0.05) is 26.0 Å². The van der Waals surface area contributed by atoms with E-state index in [2.05, 4.69) is 29.1 Å². The molecule has 104 valence electrons. The first-order chi connectivity index (χ1) is 9.20. The van der Waals surface area contributed by atoms with E-state index in [1.807, 2.05) is 31.2 Å². The monoisotopic (exact) mass is 261 g/mol. The fourth-order valence-electron chi connectivity index (χ4n) is 2.19. The van der Waals surface area contributed by atoms with Crippen LogP contribution in [0, 0.1) is 5.92 Å². The molecule has 0 aliphatic heterocycles. The normalized spacial score (nSPS) is 13.1. The average Bonchev–Trinajstić information content (AvgIpc) is 2.80. The van der Waals surface area contributed by atoms with Crippen molar-refractivity contribution < 1.29 is 4.74 Å². The standard InChI is InChI=1S/C15H23N3O/c1-4-19-14(11(2)3)9-10-16-15-17-12-7-5-6-8-13(12)18-15/h5-8,11,14H,4,9-10H2,1-3H3,(H2,16,17,18). The van der Waals surface area contributed by atoms with Crippen molar-refractivity contribution in [3.63, 3.8) is 0 Å². The van der Waals surface area contributed by atoms with Crippen molar-refractivity contribution in [2.75, 3.05) is 18.5 Å². The molecular formula is C15H23N3O. The minimum Gasteiger partial charge on any atom is -0.378 e. The molecule has 0 spiro atoms. The molecule has 0 radical (unpaired) electrons. The summed E-state index contributed by atoms with van der Waals surface area (Å²) in [6, 6.07) is 8.05. The zero-order valence-corrected chi connectivity index (χ0v) is 11.9. The molecule has 1 atom stereocenters. The molecule has 1 unspecified atom stereocenters. The Kier molecular flexibility index (Phi) is 4.80. The second-order valence-corrected chi connectivity index (χ2v) is 5.06. The highest BCUT2D eigenvalue weighted by Gasteiger charge is 2.12. The van der Waals surface area contributed by atoms with Crippen LogP contribution in [0.1, 0.15) is 27.2 Å². The van der Waals surface area contributed by atoms with E-state index in [0.29, 0.717) is 12.0 Å². The van der Waals surface area contributed by atoms with Crippen molar-refractivity contribution in [2.24, 2.45) is 5.92 Å². The number of para-hydroxylation sites is 2. The van der Waals surface area contributed by atoms with E-state index in [1.165, 1.54) is 0 Å². The van der Waals surface area contributed by atoms with Gasteiger partial charge in [0.05, 0.1) is 17.1 Å². The first-order valence-corrected chi connectivity index (χ1v) is 7.01. The SMILES string of the molecule is CCOC(CCNc1nc2ccccc2[nH]1)C(C)C. The van der Waals surface area contributed by atoms with Crippen LogP contribution >= 0.6 is 0 Å². The fraction of sp³-hybridized carbons (Fsp3) is 0.533. The Morgan fingerprint density at radius 1 is 1.32 bits per heavy atom.